The zero-order valence-corrected chi connectivity index (χ0v) is 16.2. The number of allylic oxidation sites excluding steroid dienone is 1. The fourth-order valence-corrected chi connectivity index (χ4v) is 1.48. The smallest absolute Gasteiger partial charge is 0.243 e. The van der Waals surface area contributed by atoms with E-state index in [0.29, 0.717) is 24.3 Å². The number of nitrogens with two attached hydrogens (primary N) is 1. The lowest BCUT2D eigenvalue weighted by Crippen LogP contribution is -2.07. The molecule has 2 aromatic rings. The second-order valence-electron chi connectivity index (χ2n) is 5.00. The van der Waals surface area contributed by atoms with Gasteiger partial charge in [0.15, 0.2) is 11.5 Å². The molecular weight excluding hydrogens is 364 g/mol. The Kier molecular flexibility index (Phi) is 12.5. The number of rotatable bonds is 6. The van der Waals surface area contributed by atoms with Crippen molar-refractivity contribution in [2.24, 2.45) is 15.9 Å². The van der Waals surface area contributed by atoms with Crippen LogP contribution in [0, 0.1) is 0 Å². The monoisotopic (exact) mass is 392 g/mol. The third kappa shape index (κ3) is 10.3. The number of hydrogen-bond acceptors (Lipinski definition) is 9. The number of aliphatic hydroxyl groups excluding tert-OH is 1. The molecule has 0 unspecified atom stereocenters. The minimum atomic E-state index is -0.141. The van der Waals surface area contributed by atoms with Crippen LogP contribution in [0.5, 0.6) is 11.5 Å². The first-order valence-corrected chi connectivity index (χ1v) is 8.29. The first kappa shape index (κ1) is 24.2. The maximum Gasteiger partial charge on any atom is 0.243 e. The van der Waals surface area contributed by atoms with Gasteiger partial charge in [0, 0.05) is 26.7 Å². The topological polar surface area (TPSA) is 177 Å². The van der Waals surface area contributed by atoms with Crippen molar-refractivity contribution in [2.75, 3.05) is 17.7 Å². The summed E-state index contributed by atoms with van der Waals surface area (Å²) in [5.74, 6) is 1.28. The van der Waals surface area contributed by atoms with Crippen LogP contribution in [0.2, 0.25) is 0 Å². The number of hydrogen-bond donors (Lipinski definition) is 7. The molecule has 28 heavy (non-hydrogen) atoms. The molecule has 0 radical (unpaired) electrons. The SMILES string of the molecule is C/C=C/O.C=N/N=C(/N)CC.CNc1n[nH]c(NCc2ccc(O)c(O)c2)n1. The molecule has 0 aliphatic carbocycles. The van der Waals surface area contributed by atoms with Crippen molar-refractivity contribution in [3.05, 3.63) is 36.1 Å². The van der Waals surface area contributed by atoms with Gasteiger partial charge in [-0.2, -0.15) is 10.1 Å². The number of nitrogens with zero attached hydrogens (tertiary/aromatic N) is 4. The molecular formula is C17H28N8O3. The molecule has 0 saturated heterocycles. The van der Waals surface area contributed by atoms with E-state index < -0.39 is 0 Å². The van der Waals surface area contributed by atoms with Crippen LogP contribution in [-0.2, 0) is 6.54 Å². The van der Waals surface area contributed by atoms with E-state index in [-0.39, 0.29) is 11.5 Å². The summed E-state index contributed by atoms with van der Waals surface area (Å²) in [7, 11) is 1.73. The predicted molar refractivity (Wildman–Crippen MR) is 112 cm³/mol. The lowest BCUT2D eigenvalue weighted by atomic mass is 10.2. The summed E-state index contributed by atoms with van der Waals surface area (Å²) >= 11 is 0. The minimum Gasteiger partial charge on any atom is -0.516 e. The summed E-state index contributed by atoms with van der Waals surface area (Å²) in [6, 6.07) is 4.63. The van der Waals surface area contributed by atoms with Gasteiger partial charge in [-0.25, -0.2) is 5.10 Å². The number of H-pyrrole nitrogens is 1. The second kappa shape index (κ2) is 14.4. The third-order valence-corrected chi connectivity index (χ3v) is 2.92. The van der Waals surface area contributed by atoms with E-state index in [1.165, 1.54) is 12.1 Å². The Morgan fingerprint density at radius 1 is 1.36 bits per heavy atom. The highest BCUT2D eigenvalue weighted by Crippen LogP contribution is 2.25. The van der Waals surface area contributed by atoms with E-state index in [0.717, 1.165) is 18.2 Å². The van der Waals surface area contributed by atoms with Crippen molar-refractivity contribution in [1.82, 2.24) is 15.2 Å². The van der Waals surface area contributed by atoms with Crippen molar-refractivity contribution < 1.29 is 15.3 Å². The van der Waals surface area contributed by atoms with Gasteiger partial charge in [0.25, 0.3) is 0 Å². The Morgan fingerprint density at radius 3 is 2.46 bits per heavy atom. The van der Waals surface area contributed by atoms with Gasteiger partial charge in [-0.05, 0) is 24.6 Å². The number of benzene rings is 1. The van der Waals surface area contributed by atoms with Crippen molar-refractivity contribution >= 4 is 24.4 Å². The van der Waals surface area contributed by atoms with E-state index in [4.69, 9.17) is 15.9 Å². The lowest BCUT2D eigenvalue weighted by molar-refractivity contribution is 0.403. The van der Waals surface area contributed by atoms with Gasteiger partial charge in [0.1, 0.15) is 5.84 Å². The number of anilines is 2. The van der Waals surface area contributed by atoms with Gasteiger partial charge < -0.3 is 31.7 Å². The number of aromatic amines is 1. The fourth-order valence-electron chi connectivity index (χ4n) is 1.48. The molecule has 8 N–H and O–H groups in total. The Balaban J connectivity index is 0.000000553. The number of phenolic OH excluding ortho intramolecular Hbond substituents is 2. The van der Waals surface area contributed by atoms with E-state index in [1.807, 2.05) is 6.92 Å². The van der Waals surface area contributed by atoms with Crippen LogP contribution in [0.25, 0.3) is 0 Å². The molecule has 1 aromatic carbocycles. The maximum absolute atomic E-state index is 9.32. The molecule has 11 nitrogen and oxygen atoms in total. The molecule has 0 fully saturated rings. The summed E-state index contributed by atoms with van der Waals surface area (Å²) < 4.78 is 0. The third-order valence-electron chi connectivity index (χ3n) is 2.92. The van der Waals surface area contributed by atoms with Gasteiger partial charge >= 0.3 is 0 Å². The molecule has 0 bridgehead atoms. The van der Waals surface area contributed by atoms with Crippen molar-refractivity contribution in [3.8, 4) is 11.5 Å². The van der Waals surface area contributed by atoms with E-state index in [2.05, 4.69) is 42.7 Å². The zero-order chi connectivity index (χ0) is 21.4. The highest BCUT2D eigenvalue weighted by atomic mass is 16.3. The van der Waals surface area contributed by atoms with Crippen LogP contribution in [0.1, 0.15) is 25.8 Å². The van der Waals surface area contributed by atoms with Crippen LogP contribution < -0.4 is 16.4 Å². The summed E-state index contributed by atoms with van der Waals surface area (Å²) in [6.07, 6.45) is 3.29. The first-order chi connectivity index (χ1) is 13.4. The summed E-state index contributed by atoms with van der Waals surface area (Å²) in [4.78, 5) is 4.08. The van der Waals surface area contributed by atoms with Gasteiger partial charge in [-0.1, -0.05) is 19.1 Å². The summed E-state index contributed by atoms with van der Waals surface area (Å²) in [5.41, 5.74) is 6.02. The van der Waals surface area contributed by atoms with Crippen molar-refractivity contribution in [2.45, 2.75) is 26.8 Å². The van der Waals surface area contributed by atoms with Crippen LogP contribution in [0.15, 0.2) is 40.7 Å². The van der Waals surface area contributed by atoms with Crippen molar-refractivity contribution in [3.63, 3.8) is 0 Å². The van der Waals surface area contributed by atoms with E-state index in [9.17, 15) is 5.11 Å². The quantitative estimate of drug-likeness (QED) is 0.129. The molecule has 0 saturated carbocycles. The largest absolute Gasteiger partial charge is 0.516 e. The van der Waals surface area contributed by atoms with Gasteiger partial charge in [-0.15, -0.1) is 10.2 Å². The van der Waals surface area contributed by atoms with Crippen LogP contribution in [-0.4, -0.2) is 50.1 Å². The van der Waals surface area contributed by atoms with Gasteiger partial charge in [-0.3, -0.25) is 0 Å². The number of aromatic nitrogens is 3. The Hall–Kier alpha value is -3.76. The van der Waals surface area contributed by atoms with Gasteiger partial charge in [0.05, 0.1) is 6.26 Å². The number of phenols is 2. The molecule has 11 heteroatoms. The first-order valence-electron chi connectivity index (χ1n) is 8.29. The molecule has 1 heterocycles. The van der Waals surface area contributed by atoms with Crippen molar-refractivity contribution in [1.29, 1.82) is 0 Å². The maximum atomic E-state index is 9.32. The van der Waals surface area contributed by atoms with Crippen LogP contribution in [0.4, 0.5) is 11.9 Å². The molecule has 0 aliphatic heterocycles. The fraction of sp³-hybridized carbons (Fsp3) is 0.294. The molecule has 2 rings (SSSR count). The average molecular weight is 392 g/mol. The molecule has 0 spiro atoms. The molecule has 0 atom stereocenters. The Morgan fingerprint density at radius 2 is 2.04 bits per heavy atom. The normalized spacial score (nSPS) is 10.3. The number of aromatic hydroxyl groups is 2. The molecule has 0 aliphatic rings. The predicted octanol–water partition coefficient (Wildman–Crippen LogP) is 2.32. The highest BCUT2D eigenvalue weighted by molar-refractivity contribution is 5.79. The highest BCUT2D eigenvalue weighted by Gasteiger charge is 2.03. The molecule has 1 aromatic heterocycles. The second-order valence-corrected chi connectivity index (χ2v) is 5.00. The number of aliphatic hydroxyl groups is 1. The Bertz CT molecular complexity index is 755. The molecule has 154 valence electrons. The van der Waals surface area contributed by atoms with Crippen LogP contribution in [0.3, 0.4) is 0 Å². The van der Waals surface area contributed by atoms with Gasteiger partial charge in [0.2, 0.25) is 11.9 Å². The lowest BCUT2D eigenvalue weighted by Gasteiger charge is -2.04. The zero-order valence-electron chi connectivity index (χ0n) is 16.2. The Labute approximate surface area is 163 Å². The summed E-state index contributed by atoms with van der Waals surface area (Å²) in [5, 5.41) is 45.2. The standard InChI is InChI=1S/C10H13N5O2.C4H9N3.C3H6O/c1-11-9-13-10(15-14-9)12-5-6-2-3-7(16)8(17)4-6;1-3-4(5)7-6-2;1-2-3-4/h2-4,16-17H,5H2,1H3,(H3,11,12,13,14,15);2-3H2,1H3,(H2,5,7);2-4H,1H3/b;;3-2+. The van der Waals surface area contributed by atoms with Crippen LogP contribution >= 0.6 is 0 Å². The van der Waals surface area contributed by atoms with E-state index in [1.54, 1.807) is 26.1 Å². The minimum absolute atomic E-state index is 0.133. The number of amidine groups is 1. The summed E-state index contributed by atoms with van der Waals surface area (Å²) in [6.45, 7) is 7.25. The average Bonchev–Trinajstić information content (AvgIpc) is 3.18. The molecule has 0 amide bonds. The number of nitrogens with one attached hydrogen (secondary N) is 3. The van der Waals surface area contributed by atoms with E-state index >= 15 is 0 Å².